The van der Waals surface area contributed by atoms with Gasteiger partial charge in [0.2, 0.25) is 10.0 Å². The van der Waals surface area contributed by atoms with Crippen LogP contribution in [0.5, 0.6) is 0 Å². The molecule has 0 fully saturated rings. The maximum absolute atomic E-state index is 12.3. The quantitative estimate of drug-likeness (QED) is 0.731. The maximum Gasteiger partial charge on any atom is 0.251 e. The van der Waals surface area contributed by atoms with Crippen molar-refractivity contribution in [2.75, 3.05) is 6.54 Å². The van der Waals surface area contributed by atoms with Gasteiger partial charge in [0.1, 0.15) is 0 Å². The molecule has 0 aliphatic heterocycles. The summed E-state index contributed by atoms with van der Waals surface area (Å²) in [7, 11) is -3.57. The summed E-state index contributed by atoms with van der Waals surface area (Å²) >= 11 is 0. The molecule has 0 aliphatic rings. The van der Waals surface area contributed by atoms with Crippen molar-refractivity contribution in [1.82, 2.24) is 10.0 Å². The summed E-state index contributed by atoms with van der Waals surface area (Å²) < 4.78 is 27.3. The molecule has 0 heterocycles. The van der Waals surface area contributed by atoms with E-state index in [9.17, 15) is 13.2 Å². The van der Waals surface area contributed by atoms with Crippen molar-refractivity contribution in [3.8, 4) is 0 Å². The van der Waals surface area contributed by atoms with Crippen molar-refractivity contribution in [1.29, 1.82) is 0 Å². The fraction of sp³-hybridized carbons (Fsp3) is 0.350. The lowest BCUT2D eigenvalue weighted by atomic mass is 10.1. The summed E-state index contributed by atoms with van der Waals surface area (Å²) in [6, 6.07) is 15.9. The standard InChI is InChI=1S/C20H26N2O3S/c1-20(2,3)22-19(23)17-11-13-18(14-12-17)26(24,25)21-15-7-10-16-8-5-4-6-9-16/h4-6,8-9,11-14,21H,7,10,15H2,1-3H3,(H,22,23). The van der Waals surface area contributed by atoms with Crippen LogP contribution in [0.25, 0.3) is 0 Å². The van der Waals surface area contributed by atoms with Gasteiger partial charge >= 0.3 is 0 Å². The molecule has 6 heteroatoms. The Morgan fingerprint density at radius 1 is 0.962 bits per heavy atom. The lowest BCUT2D eigenvalue weighted by molar-refractivity contribution is 0.0919. The first-order chi connectivity index (χ1) is 12.2. The van der Waals surface area contributed by atoms with Crippen LogP contribution in [0, 0.1) is 0 Å². The van der Waals surface area contributed by atoms with E-state index in [1.54, 1.807) is 0 Å². The number of hydrogen-bond donors (Lipinski definition) is 2. The monoisotopic (exact) mass is 374 g/mol. The van der Waals surface area contributed by atoms with Crippen molar-refractivity contribution < 1.29 is 13.2 Å². The van der Waals surface area contributed by atoms with Crippen LogP contribution >= 0.6 is 0 Å². The van der Waals surface area contributed by atoms with Gasteiger partial charge in [0, 0.05) is 17.6 Å². The molecular formula is C20H26N2O3S. The molecule has 2 N–H and O–H groups in total. The molecule has 1 amide bonds. The topological polar surface area (TPSA) is 75.3 Å². The molecule has 26 heavy (non-hydrogen) atoms. The van der Waals surface area contributed by atoms with E-state index in [4.69, 9.17) is 0 Å². The zero-order chi connectivity index (χ0) is 19.2. The first kappa shape index (κ1) is 20.1. The number of carbonyl (C=O) groups excluding carboxylic acids is 1. The van der Waals surface area contributed by atoms with Crippen molar-refractivity contribution in [3.63, 3.8) is 0 Å². The number of sulfonamides is 1. The zero-order valence-corrected chi connectivity index (χ0v) is 16.3. The second-order valence-corrected chi connectivity index (χ2v) is 8.98. The molecule has 0 aromatic heterocycles. The third-order valence-corrected chi connectivity index (χ3v) is 5.17. The Morgan fingerprint density at radius 2 is 1.58 bits per heavy atom. The summed E-state index contributed by atoms with van der Waals surface area (Å²) in [6.45, 7) is 6.04. The number of rotatable bonds is 7. The second-order valence-electron chi connectivity index (χ2n) is 7.22. The van der Waals surface area contributed by atoms with Crippen LogP contribution in [0.15, 0.2) is 59.5 Å². The maximum atomic E-state index is 12.3. The van der Waals surface area contributed by atoms with E-state index in [1.165, 1.54) is 29.8 Å². The van der Waals surface area contributed by atoms with E-state index in [0.717, 1.165) is 12.8 Å². The normalized spacial score (nSPS) is 12.0. The van der Waals surface area contributed by atoms with Crippen molar-refractivity contribution in [2.24, 2.45) is 0 Å². The molecular weight excluding hydrogens is 348 g/mol. The Labute approximate surface area is 155 Å². The van der Waals surface area contributed by atoms with Gasteiger partial charge in [-0.3, -0.25) is 4.79 Å². The number of aryl methyl sites for hydroxylation is 1. The minimum atomic E-state index is -3.57. The highest BCUT2D eigenvalue weighted by molar-refractivity contribution is 7.89. The van der Waals surface area contributed by atoms with Crippen LogP contribution < -0.4 is 10.0 Å². The van der Waals surface area contributed by atoms with Crippen molar-refractivity contribution in [3.05, 3.63) is 65.7 Å². The molecule has 0 unspecified atom stereocenters. The number of hydrogen-bond acceptors (Lipinski definition) is 3. The highest BCUT2D eigenvalue weighted by atomic mass is 32.2. The van der Waals surface area contributed by atoms with E-state index < -0.39 is 10.0 Å². The molecule has 0 saturated heterocycles. The summed E-state index contributed by atoms with van der Waals surface area (Å²) in [5.41, 5.74) is 1.27. The number of amides is 1. The zero-order valence-electron chi connectivity index (χ0n) is 15.5. The van der Waals surface area contributed by atoms with Crippen LogP contribution in [-0.2, 0) is 16.4 Å². The summed E-state index contributed by atoms with van der Waals surface area (Å²) in [5.74, 6) is -0.225. The Kier molecular flexibility index (Phi) is 6.56. The van der Waals surface area contributed by atoms with Crippen LogP contribution in [0.2, 0.25) is 0 Å². The highest BCUT2D eigenvalue weighted by Gasteiger charge is 2.17. The molecule has 0 radical (unpaired) electrons. The van der Waals surface area contributed by atoms with E-state index in [1.807, 2.05) is 51.1 Å². The van der Waals surface area contributed by atoms with Gasteiger partial charge in [-0.2, -0.15) is 0 Å². The largest absolute Gasteiger partial charge is 0.347 e. The summed E-state index contributed by atoms with van der Waals surface area (Å²) in [5, 5.41) is 2.85. The van der Waals surface area contributed by atoms with Gasteiger partial charge < -0.3 is 5.32 Å². The third kappa shape index (κ3) is 6.28. The molecule has 2 aromatic carbocycles. The van der Waals surface area contributed by atoms with Gasteiger partial charge in [-0.1, -0.05) is 30.3 Å². The molecule has 140 valence electrons. The van der Waals surface area contributed by atoms with Crippen molar-refractivity contribution in [2.45, 2.75) is 44.0 Å². The second kappa shape index (κ2) is 8.47. The highest BCUT2D eigenvalue weighted by Crippen LogP contribution is 2.12. The van der Waals surface area contributed by atoms with Gasteiger partial charge in [-0.05, 0) is 63.4 Å². The van der Waals surface area contributed by atoms with Gasteiger partial charge in [0.25, 0.3) is 5.91 Å². The third-order valence-electron chi connectivity index (χ3n) is 3.69. The first-order valence-corrected chi connectivity index (χ1v) is 10.1. The minimum Gasteiger partial charge on any atom is -0.347 e. The Hall–Kier alpha value is -2.18. The van der Waals surface area contributed by atoms with E-state index in [0.29, 0.717) is 12.1 Å². The molecule has 2 aromatic rings. The van der Waals surface area contributed by atoms with E-state index in [-0.39, 0.29) is 16.3 Å². The summed E-state index contributed by atoms with van der Waals surface area (Å²) in [4.78, 5) is 12.2. The van der Waals surface area contributed by atoms with Crippen LogP contribution in [0.4, 0.5) is 0 Å². The number of carbonyl (C=O) groups is 1. The Morgan fingerprint density at radius 3 is 2.15 bits per heavy atom. The smallest absolute Gasteiger partial charge is 0.251 e. The fourth-order valence-corrected chi connectivity index (χ4v) is 3.50. The van der Waals surface area contributed by atoms with Gasteiger partial charge in [0.05, 0.1) is 4.90 Å². The average molecular weight is 375 g/mol. The van der Waals surface area contributed by atoms with Crippen molar-refractivity contribution >= 4 is 15.9 Å². The average Bonchev–Trinajstić information content (AvgIpc) is 2.58. The SMILES string of the molecule is CC(C)(C)NC(=O)c1ccc(S(=O)(=O)NCCCc2ccccc2)cc1. The summed E-state index contributed by atoms with van der Waals surface area (Å²) in [6.07, 6.45) is 1.53. The molecule has 0 bridgehead atoms. The van der Waals surface area contributed by atoms with Crippen LogP contribution in [0.1, 0.15) is 43.1 Å². The molecule has 0 aliphatic carbocycles. The van der Waals surface area contributed by atoms with Gasteiger partial charge in [-0.15, -0.1) is 0 Å². The lowest BCUT2D eigenvalue weighted by Crippen LogP contribution is -2.40. The van der Waals surface area contributed by atoms with Gasteiger partial charge in [-0.25, -0.2) is 13.1 Å². The Bertz CT molecular complexity index is 824. The molecule has 0 saturated carbocycles. The van der Waals surface area contributed by atoms with Crippen LogP contribution in [-0.4, -0.2) is 26.4 Å². The fourth-order valence-electron chi connectivity index (χ4n) is 2.43. The number of nitrogens with one attached hydrogen (secondary N) is 2. The molecule has 0 atom stereocenters. The number of benzene rings is 2. The van der Waals surface area contributed by atoms with E-state index >= 15 is 0 Å². The predicted molar refractivity (Wildman–Crippen MR) is 104 cm³/mol. The Balaban J connectivity index is 1.91. The van der Waals surface area contributed by atoms with E-state index in [2.05, 4.69) is 10.0 Å². The van der Waals surface area contributed by atoms with Gasteiger partial charge in [0.15, 0.2) is 0 Å². The molecule has 5 nitrogen and oxygen atoms in total. The lowest BCUT2D eigenvalue weighted by Gasteiger charge is -2.20. The molecule has 2 rings (SSSR count). The van der Waals surface area contributed by atoms with Crippen LogP contribution in [0.3, 0.4) is 0 Å². The predicted octanol–water partition coefficient (Wildman–Crippen LogP) is 3.13. The first-order valence-electron chi connectivity index (χ1n) is 8.63. The molecule has 0 spiro atoms. The minimum absolute atomic E-state index is 0.157.